The van der Waals surface area contributed by atoms with E-state index in [1.807, 2.05) is 6.92 Å². The lowest BCUT2D eigenvalue weighted by molar-refractivity contribution is 0.0697. The van der Waals surface area contributed by atoms with Gasteiger partial charge in [-0.2, -0.15) is 0 Å². The van der Waals surface area contributed by atoms with E-state index in [0.29, 0.717) is 10.8 Å². The minimum atomic E-state index is -1.12. The molecule has 0 saturated heterocycles. The Morgan fingerprint density at radius 2 is 2.05 bits per heavy atom. The SMILES string of the molecule is Cc1cnc(NC(=O)Nc2cc(Cl)cc(C(=O)O)c2)s1. The highest BCUT2D eigenvalue weighted by Crippen LogP contribution is 2.20. The van der Waals surface area contributed by atoms with Crippen molar-refractivity contribution in [3.8, 4) is 0 Å². The Bertz CT molecular complexity index is 672. The highest BCUT2D eigenvalue weighted by molar-refractivity contribution is 7.15. The Balaban J connectivity index is 2.09. The van der Waals surface area contributed by atoms with Gasteiger partial charge in [-0.25, -0.2) is 14.6 Å². The average Bonchev–Trinajstić information content (AvgIpc) is 2.73. The van der Waals surface area contributed by atoms with Crippen molar-refractivity contribution in [2.24, 2.45) is 0 Å². The molecular weight excluding hydrogens is 302 g/mol. The van der Waals surface area contributed by atoms with Crippen LogP contribution in [0, 0.1) is 6.92 Å². The summed E-state index contributed by atoms with van der Waals surface area (Å²) in [5.41, 5.74) is 0.290. The van der Waals surface area contributed by atoms with E-state index in [4.69, 9.17) is 16.7 Å². The molecule has 2 amide bonds. The largest absolute Gasteiger partial charge is 0.478 e. The normalized spacial score (nSPS) is 10.1. The summed E-state index contributed by atoms with van der Waals surface area (Å²) < 4.78 is 0. The van der Waals surface area contributed by atoms with Crippen molar-refractivity contribution in [1.82, 2.24) is 4.98 Å². The van der Waals surface area contributed by atoms with Gasteiger partial charge in [0.25, 0.3) is 0 Å². The zero-order valence-corrected chi connectivity index (χ0v) is 11.9. The molecule has 0 fully saturated rings. The van der Waals surface area contributed by atoms with Crippen LogP contribution in [0.5, 0.6) is 0 Å². The number of carbonyl (C=O) groups excluding carboxylic acids is 1. The first-order valence-electron chi connectivity index (χ1n) is 5.48. The van der Waals surface area contributed by atoms with Gasteiger partial charge in [-0.05, 0) is 25.1 Å². The molecule has 0 aliphatic heterocycles. The summed E-state index contributed by atoms with van der Waals surface area (Å²) in [7, 11) is 0. The molecule has 2 rings (SSSR count). The van der Waals surface area contributed by atoms with Crippen LogP contribution in [0.4, 0.5) is 15.6 Å². The number of carbonyl (C=O) groups is 2. The van der Waals surface area contributed by atoms with E-state index in [2.05, 4.69) is 15.6 Å². The monoisotopic (exact) mass is 311 g/mol. The van der Waals surface area contributed by atoms with Gasteiger partial charge in [-0.15, -0.1) is 11.3 Å². The van der Waals surface area contributed by atoms with Gasteiger partial charge in [-0.3, -0.25) is 5.32 Å². The highest BCUT2D eigenvalue weighted by atomic mass is 35.5. The quantitative estimate of drug-likeness (QED) is 0.809. The summed E-state index contributed by atoms with van der Waals surface area (Å²) in [6, 6.07) is 3.57. The Morgan fingerprint density at radius 3 is 2.65 bits per heavy atom. The molecule has 0 atom stereocenters. The van der Waals surface area contributed by atoms with Crippen LogP contribution in [0.3, 0.4) is 0 Å². The smallest absolute Gasteiger partial charge is 0.335 e. The molecule has 0 bridgehead atoms. The molecule has 6 nitrogen and oxygen atoms in total. The third-order valence-corrected chi connectivity index (χ3v) is 3.29. The predicted octanol–water partition coefficient (Wildman–Crippen LogP) is 3.45. The van der Waals surface area contributed by atoms with Crippen LogP contribution in [-0.2, 0) is 0 Å². The lowest BCUT2D eigenvalue weighted by atomic mass is 10.2. The third kappa shape index (κ3) is 3.69. The van der Waals surface area contributed by atoms with Crippen molar-refractivity contribution in [1.29, 1.82) is 0 Å². The molecule has 0 spiro atoms. The topological polar surface area (TPSA) is 91.3 Å². The zero-order chi connectivity index (χ0) is 14.7. The summed E-state index contributed by atoms with van der Waals surface area (Å²) in [5.74, 6) is -1.12. The number of carboxylic acid groups (broad SMARTS) is 1. The maximum Gasteiger partial charge on any atom is 0.335 e. The summed E-state index contributed by atoms with van der Waals surface area (Å²) in [4.78, 5) is 27.6. The molecule has 1 aromatic heterocycles. The number of anilines is 2. The summed E-state index contributed by atoms with van der Waals surface area (Å²) >= 11 is 7.13. The van der Waals surface area contributed by atoms with Crippen LogP contribution in [0.25, 0.3) is 0 Å². The van der Waals surface area contributed by atoms with Gasteiger partial charge in [0.1, 0.15) is 0 Å². The van der Waals surface area contributed by atoms with Crippen molar-refractivity contribution in [3.05, 3.63) is 39.9 Å². The van der Waals surface area contributed by atoms with Crippen LogP contribution in [0.15, 0.2) is 24.4 Å². The van der Waals surface area contributed by atoms with Crippen molar-refractivity contribution in [2.45, 2.75) is 6.92 Å². The summed E-state index contributed by atoms with van der Waals surface area (Å²) in [6.45, 7) is 1.87. The lowest BCUT2D eigenvalue weighted by Gasteiger charge is -2.07. The maximum atomic E-state index is 11.7. The number of hydrogen-bond donors (Lipinski definition) is 3. The van der Waals surface area contributed by atoms with Gasteiger partial charge in [-0.1, -0.05) is 11.6 Å². The number of rotatable bonds is 3. The molecule has 3 N–H and O–H groups in total. The standard InChI is InChI=1S/C12H10ClN3O3S/c1-6-5-14-12(20-6)16-11(19)15-9-3-7(10(17)18)2-8(13)4-9/h2-5H,1H3,(H,17,18)(H2,14,15,16,19). The number of nitrogens with one attached hydrogen (secondary N) is 2. The Morgan fingerprint density at radius 1 is 1.30 bits per heavy atom. The zero-order valence-electron chi connectivity index (χ0n) is 10.3. The molecule has 8 heteroatoms. The van der Waals surface area contributed by atoms with E-state index in [1.54, 1.807) is 6.20 Å². The molecule has 2 aromatic rings. The summed E-state index contributed by atoms with van der Waals surface area (Å²) in [6.07, 6.45) is 1.64. The highest BCUT2D eigenvalue weighted by Gasteiger charge is 2.09. The second-order valence-electron chi connectivity index (χ2n) is 3.89. The molecule has 0 saturated carbocycles. The fourth-order valence-electron chi connectivity index (χ4n) is 1.46. The third-order valence-electron chi connectivity index (χ3n) is 2.24. The van der Waals surface area contributed by atoms with Gasteiger partial charge < -0.3 is 10.4 Å². The first kappa shape index (κ1) is 14.3. The van der Waals surface area contributed by atoms with Crippen LogP contribution in [0.1, 0.15) is 15.2 Å². The van der Waals surface area contributed by atoms with Crippen molar-refractivity contribution in [2.75, 3.05) is 10.6 Å². The average molecular weight is 312 g/mol. The lowest BCUT2D eigenvalue weighted by Crippen LogP contribution is -2.19. The number of benzene rings is 1. The van der Waals surface area contributed by atoms with Crippen LogP contribution < -0.4 is 10.6 Å². The molecule has 0 aliphatic rings. The minimum absolute atomic E-state index is 0.00195. The van der Waals surface area contributed by atoms with Crippen molar-refractivity contribution in [3.63, 3.8) is 0 Å². The van der Waals surface area contributed by atoms with E-state index in [9.17, 15) is 9.59 Å². The van der Waals surface area contributed by atoms with Crippen molar-refractivity contribution < 1.29 is 14.7 Å². The first-order chi connectivity index (χ1) is 9.44. The number of carboxylic acids is 1. The number of nitrogens with zero attached hydrogens (tertiary/aromatic N) is 1. The molecule has 0 radical (unpaired) electrons. The Hall–Kier alpha value is -2.12. The number of aryl methyl sites for hydroxylation is 1. The summed E-state index contributed by atoms with van der Waals surface area (Å²) in [5, 5.41) is 14.6. The molecule has 104 valence electrons. The number of halogens is 1. The second-order valence-corrected chi connectivity index (χ2v) is 5.56. The number of urea groups is 1. The van der Waals surface area contributed by atoms with E-state index >= 15 is 0 Å². The minimum Gasteiger partial charge on any atom is -0.478 e. The second kappa shape index (κ2) is 5.89. The van der Waals surface area contributed by atoms with Crippen LogP contribution in [-0.4, -0.2) is 22.1 Å². The van der Waals surface area contributed by atoms with Gasteiger partial charge in [0, 0.05) is 21.8 Å². The van der Waals surface area contributed by atoms with E-state index < -0.39 is 12.0 Å². The molecule has 0 aliphatic carbocycles. The number of amides is 2. The van der Waals surface area contributed by atoms with Gasteiger partial charge in [0.15, 0.2) is 5.13 Å². The number of aromatic carboxylic acids is 1. The molecule has 1 aromatic carbocycles. The Kier molecular flexibility index (Phi) is 4.21. The van der Waals surface area contributed by atoms with Crippen molar-refractivity contribution >= 4 is 45.8 Å². The Labute approximate surface area is 123 Å². The van der Waals surface area contributed by atoms with Gasteiger partial charge >= 0.3 is 12.0 Å². The molecule has 20 heavy (non-hydrogen) atoms. The van der Waals surface area contributed by atoms with E-state index in [0.717, 1.165) is 4.88 Å². The van der Waals surface area contributed by atoms with E-state index in [1.165, 1.54) is 29.5 Å². The number of aromatic nitrogens is 1. The fourth-order valence-corrected chi connectivity index (χ4v) is 2.35. The van der Waals surface area contributed by atoms with Crippen LogP contribution >= 0.6 is 22.9 Å². The van der Waals surface area contributed by atoms with Crippen LogP contribution in [0.2, 0.25) is 5.02 Å². The maximum absolute atomic E-state index is 11.7. The number of thiazole rings is 1. The molecular formula is C12H10ClN3O3S. The molecule has 0 unspecified atom stereocenters. The predicted molar refractivity (Wildman–Crippen MR) is 77.9 cm³/mol. The van der Waals surface area contributed by atoms with Gasteiger partial charge in [0.2, 0.25) is 0 Å². The molecule has 1 heterocycles. The number of hydrogen-bond acceptors (Lipinski definition) is 4. The van der Waals surface area contributed by atoms with Gasteiger partial charge in [0.05, 0.1) is 5.56 Å². The fraction of sp³-hybridized carbons (Fsp3) is 0.0833. The first-order valence-corrected chi connectivity index (χ1v) is 6.68. The van der Waals surface area contributed by atoms with E-state index in [-0.39, 0.29) is 10.6 Å².